The van der Waals surface area contributed by atoms with Crippen LogP contribution in [0.1, 0.15) is 39.0 Å². The maximum absolute atomic E-state index is 11.8. The van der Waals surface area contributed by atoms with E-state index in [-0.39, 0.29) is 5.78 Å². The lowest BCUT2D eigenvalue weighted by atomic mass is 10.1. The normalized spacial score (nSPS) is 18.2. The molecule has 3 nitrogen and oxygen atoms in total. The fourth-order valence-corrected chi connectivity index (χ4v) is 2.21. The van der Waals surface area contributed by atoms with Crippen molar-refractivity contribution in [1.29, 1.82) is 0 Å². The molecule has 102 valence electrons. The molecule has 1 fully saturated rings. The Morgan fingerprint density at radius 2 is 1.89 bits per heavy atom. The van der Waals surface area contributed by atoms with E-state index in [9.17, 15) is 4.79 Å². The third-order valence-corrected chi connectivity index (χ3v) is 3.29. The van der Waals surface area contributed by atoms with Gasteiger partial charge in [-0.05, 0) is 50.5 Å². The number of ketones is 1. The highest BCUT2D eigenvalue weighted by Crippen LogP contribution is 2.20. The second-order valence-electron chi connectivity index (χ2n) is 4.76. The smallest absolute Gasteiger partial charge is 0.160 e. The Bertz CT molecular complexity index is 448. The molecule has 0 aromatic heterocycles. The minimum atomic E-state index is 0.288. The van der Waals surface area contributed by atoms with Crippen LogP contribution < -0.4 is 10.1 Å². The lowest BCUT2D eigenvalue weighted by Crippen LogP contribution is -2.02. The monoisotopic (exact) mass is 259 g/mol. The van der Waals surface area contributed by atoms with Crippen molar-refractivity contribution in [1.82, 2.24) is 0 Å². The molecular weight excluding hydrogens is 238 g/mol. The fourth-order valence-electron chi connectivity index (χ4n) is 2.21. The molecule has 0 radical (unpaired) electrons. The van der Waals surface area contributed by atoms with Crippen LogP contribution in [0.25, 0.3) is 0 Å². The van der Waals surface area contributed by atoms with Crippen LogP contribution in [0.4, 0.5) is 5.69 Å². The Morgan fingerprint density at radius 3 is 2.63 bits per heavy atom. The molecule has 1 N–H and O–H groups in total. The standard InChI is InChI=1S/C16H21NO2/c1-2-19-15-10-8-14(9-11-15)17-12-13-6-4-3-5-7-16(13)18/h8-12,17H,2-7H2,1H3/b13-12+. The first-order chi connectivity index (χ1) is 9.29. The predicted molar refractivity (Wildman–Crippen MR) is 77.4 cm³/mol. The number of rotatable bonds is 4. The first-order valence-electron chi connectivity index (χ1n) is 7.01. The van der Waals surface area contributed by atoms with E-state index in [0.717, 1.165) is 42.7 Å². The lowest BCUT2D eigenvalue weighted by Gasteiger charge is -2.06. The molecule has 1 saturated carbocycles. The summed E-state index contributed by atoms with van der Waals surface area (Å²) in [7, 11) is 0. The van der Waals surface area contributed by atoms with E-state index in [1.165, 1.54) is 0 Å². The molecule has 19 heavy (non-hydrogen) atoms. The van der Waals surface area contributed by atoms with Crippen LogP contribution in [0.2, 0.25) is 0 Å². The van der Waals surface area contributed by atoms with Gasteiger partial charge in [0.05, 0.1) is 6.61 Å². The zero-order valence-electron chi connectivity index (χ0n) is 11.4. The van der Waals surface area contributed by atoms with Crippen LogP contribution in [0.5, 0.6) is 5.75 Å². The molecule has 0 atom stereocenters. The van der Waals surface area contributed by atoms with Crippen molar-refractivity contribution in [3.05, 3.63) is 36.0 Å². The summed E-state index contributed by atoms with van der Waals surface area (Å²) in [4.78, 5) is 11.8. The number of hydrogen-bond donors (Lipinski definition) is 1. The van der Waals surface area contributed by atoms with E-state index in [1.54, 1.807) is 0 Å². The Kier molecular flexibility index (Phi) is 5.01. The summed E-state index contributed by atoms with van der Waals surface area (Å²) >= 11 is 0. The van der Waals surface area contributed by atoms with Crippen molar-refractivity contribution >= 4 is 11.5 Å². The first-order valence-corrected chi connectivity index (χ1v) is 7.01. The second kappa shape index (κ2) is 6.98. The molecule has 0 heterocycles. The largest absolute Gasteiger partial charge is 0.494 e. The number of ether oxygens (including phenoxy) is 1. The van der Waals surface area contributed by atoms with Gasteiger partial charge in [-0.2, -0.15) is 0 Å². The topological polar surface area (TPSA) is 38.3 Å². The third kappa shape index (κ3) is 4.12. The van der Waals surface area contributed by atoms with Crippen molar-refractivity contribution in [3.63, 3.8) is 0 Å². The van der Waals surface area contributed by atoms with Crippen molar-refractivity contribution in [2.75, 3.05) is 11.9 Å². The van der Waals surface area contributed by atoms with Gasteiger partial charge in [-0.3, -0.25) is 4.79 Å². The molecule has 1 aliphatic rings. The van der Waals surface area contributed by atoms with Crippen molar-refractivity contribution < 1.29 is 9.53 Å². The molecule has 0 unspecified atom stereocenters. The maximum Gasteiger partial charge on any atom is 0.160 e. The highest BCUT2D eigenvalue weighted by atomic mass is 16.5. The van der Waals surface area contributed by atoms with Gasteiger partial charge in [-0.15, -0.1) is 0 Å². The minimum Gasteiger partial charge on any atom is -0.494 e. The van der Waals surface area contributed by atoms with E-state index in [1.807, 2.05) is 37.4 Å². The molecule has 0 saturated heterocycles. The summed E-state index contributed by atoms with van der Waals surface area (Å²) in [5.74, 6) is 1.15. The van der Waals surface area contributed by atoms with Gasteiger partial charge < -0.3 is 10.1 Å². The van der Waals surface area contributed by atoms with Gasteiger partial charge in [0, 0.05) is 23.9 Å². The fraction of sp³-hybridized carbons (Fsp3) is 0.438. The average Bonchev–Trinajstić information content (AvgIpc) is 2.63. The number of nitrogens with one attached hydrogen (secondary N) is 1. The molecule has 2 rings (SSSR count). The van der Waals surface area contributed by atoms with Gasteiger partial charge in [0.1, 0.15) is 5.75 Å². The lowest BCUT2D eigenvalue weighted by molar-refractivity contribution is -0.115. The molecule has 0 aliphatic heterocycles. The van der Waals surface area contributed by atoms with Gasteiger partial charge in [-0.25, -0.2) is 0 Å². The zero-order chi connectivity index (χ0) is 13.5. The second-order valence-corrected chi connectivity index (χ2v) is 4.76. The SMILES string of the molecule is CCOc1ccc(N/C=C2\CCCCCC2=O)cc1. The van der Waals surface area contributed by atoms with Gasteiger partial charge in [0.2, 0.25) is 0 Å². The van der Waals surface area contributed by atoms with Gasteiger partial charge in [0.25, 0.3) is 0 Å². The number of carbonyl (C=O) groups excluding carboxylic acids is 1. The first kappa shape index (κ1) is 13.7. The molecular formula is C16H21NO2. The van der Waals surface area contributed by atoms with Crippen LogP contribution in [0.15, 0.2) is 36.0 Å². The summed E-state index contributed by atoms with van der Waals surface area (Å²) in [5, 5.41) is 3.20. The Labute approximate surface area is 114 Å². The van der Waals surface area contributed by atoms with Gasteiger partial charge in [-0.1, -0.05) is 6.42 Å². The number of anilines is 1. The zero-order valence-corrected chi connectivity index (χ0v) is 11.4. The molecule has 0 spiro atoms. The van der Waals surface area contributed by atoms with Crippen LogP contribution in [-0.2, 0) is 4.79 Å². The maximum atomic E-state index is 11.8. The highest BCUT2D eigenvalue weighted by molar-refractivity contribution is 5.95. The summed E-state index contributed by atoms with van der Waals surface area (Å²) in [6.45, 7) is 2.64. The Balaban J connectivity index is 1.98. The van der Waals surface area contributed by atoms with Crippen LogP contribution >= 0.6 is 0 Å². The average molecular weight is 259 g/mol. The Hall–Kier alpha value is -1.77. The summed E-state index contributed by atoms with van der Waals surface area (Å²) in [6.07, 6.45) is 6.75. The number of carbonyl (C=O) groups is 1. The number of hydrogen-bond acceptors (Lipinski definition) is 3. The van der Waals surface area contributed by atoms with E-state index in [4.69, 9.17) is 4.74 Å². The van der Waals surface area contributed by atoms with Gasteiger partial charge in [0.15, 0.2) is 5.78 Å². The number of allylic oxidation sites excluding steroid dienone is 1. The minimum absolute atomic E-state index is 0.288. The molecule has 1 aromatic carbocycles. The van der Waals surface area contributed by atoms with E-state index >= 15 is 0 Å². The molecule has 3 heteroatoms. The van der Waals surface area contributed by atoms with Crippen molar-refractivity contribution in [2.24, 2.45) is 0 Å². The number of benzene rings is 1. The summed E-state index contributed by atoms with van der Waals surface area (Å²) in [6, 6.07) is 7.78. The Morgan fingerprint density at radius 1 is 1.16 bits per heavy atom. The number of Topliss-reactive ketones (excluding diaryl/α,β-unsaturated/α-hetero) is 1. The predicted octanol–water partition coefficient (Wildman–Crippen LogP) is 3.91. The van der Waals surface area contributed by atoms with Crippen molar-refractivity contribution in [2.45, 2.75) is 39.0 Å². The summed E-state index contributed by atoms with van der Waals surface area (Å²) in [5.41, 5.74) is 1.90. The van der Waals surface area contributed by atoms with E-state index < -0.39 is 0 Å². The quantitative estimate of drug-likeness (QED) is 0.658. The van der Waals surface area contributed by atoms with Crippen LogP contribution in [0, 0.1) is 0 Å². The van der Waals surface area contributed by atoms with Crippen molar-refractivity contribution in [3.8, 4) is 5.75 Å². The molecule has 1 aromatic rings. The van der Waals surface area contributed by atoms with Crippen LogP contribution in [-0.4, -0.2) is 12.4 Å². The van der Waals surface area contributed by atoms with Gasteiger partial charge >= 0.3 is 0 Å². The van der Waals surface area contributed by atoms with E-state index in [2.05, 4.69) is 5.32 Å². The van der Waals surface area contributed by atoms with Crippen LogP contribution in [0.3, 0.4) is 0 Å². The van der Waals surface area contributed by atoms with E-state index in [0.29, 0.717) is 13.0 Å². The highest BCUT2D eigenvalue weighted by Gasteiger charge is 2.12. The molecule has 1 aliphatic carbocycles. The molecule has 0 bridgehead atoms. The molecule has 0 amide bonds. The third-order valence-electron chi connectivity index (χ3n) is 3.29. The summed E-state index contributed by atoms with van der Waals surface area (Å²) < 4.78 is 5.39.